The summed E-state index contributed by atoms with van der Waals surface area (Å²) in [6.45, 7) is 8.18. The zero-order valence-electron chi connectivity index (χ0n) is 11.6. The molecule has 2 atom stereocenters. The third-order valence-corrected chi connectivity index (χ3v) is 3.82. The summed E-state index contributed by atoms with van der Waals surface area (Å²) in [4.78, 5) is 25.2. The summed E-state index contributed by atoms with van der Waals surface area (Å²) in [6, 6.07) is -0.456. The van der Waals surface area contributed by atoms with Gasteiger partial charge in [0.15, 0.2) is 0 Å². The highest BCUT2D eigenvalue weighted by Crippen LogP contribution is 2.25. The molecule has 0 spiro atoms. The van der Waals surface area contributed by atoms with Crippen LogP contribution in [0.15, 0.2) is 12.7 Å². The van der Waals surface area contributed by atoms with E-state index in [-0.39, 0.29) is 18.3 Å². The third kappa shape index (κ3) is 4.77. The first kappa shape index (κ1) is 16.9. The summed E-state index contributed by atoms with van der Waals surface area (Å²) in [7, 11) is 0. The second-order valence-corrected chi connectivity index (χ2v) is 5.25. The Balaban J connectivity index is 0.00000200. The molecule has 114 valence electrons. The minimum Gasteiger partial charge on any atom is -0.334 e. The topological polar surface area (TPSA) is 73.5 Å². The number of carbonyl (C=O) groups is 2. The lowest BCUT2D eigenvalue weighted by Gasteiger charge is -2.33. The standard InChI is InChI=1S/C13H22N4O2.ClH/c1-2-4-15-13(19)16-12(18)9-17-5-3-10-6-14-7-11(10)8-17;/h2,10-11,14H,1,3-9H2,(H2,15,16,18,19);1H. The van der Waals surface area contributed by atoms with E-state index in [1.807, 2.05) is 0 Å². The molecule has 3 amide bonds. The molecule has 20 heavy (non-hydrogen) atoms. The molecule has 2 saturated heterocycles. The van der Waals surface area contributed by atoms with Crippen LogP contribution in [0.1, 0.15) is 6.42 Å². The van der Waals surface area contributed by atoms with Crippen molar-refractivity contribution in [3.8, 4) is 0 Å². The van der Waals surface area contributed by atoms with E-state index in [1.165, 1.54) is 0 Å². The number of fused-ring (bicyclic) bond motifs is 1. The maximum absolute atomic E-state index is 11.7. The lowest BCUT2D eigenvalue weighted by molar-refractivity contribution is -0.121. The molecule has 2 aliphatic rings. The summed E-state index contributed by atoms with van der Waals surface area (Å²) in [5.74, 6) is 1.16. The zero-order chi connectivity index (χ0) is 13.7. The second kappa shape index (κ2) is 8.24. The first-order chi connectivity index (χ1) is 9.19. The fraction of sp³-hybridized carbons (Fsp3) is 0.692. The molecular formula is C13H23ClN4O2. The average molecular weight is 303 g/mol. The van der Waals surface area contributed by atoms with Gasteiger partial charge in [0, 0.05) is 13.1 Å². The first-order valence-corrected chi connectivity index (χ1v) is 6.80. The van der Waals surface area contributed by atoms with Crippen molar-refractivity contribution in [2.24, 2.45) is 11.8 Å². The number of likely N-dealkylation sites (tertiary alicyclic amines) is 1. The normalized spacial score (nSPS) is 25.2. The van der Waals surface area contributed by atoms with Crippen LogP contribution in [0.25, 0.3) is 0 Å². The number of hydrogen-bond acceptors (Lipinski definition) is 4. The molecule has 0 aromatic heterocycles. The van der Waals surface area contributed by atoms with Crippen LogP contribution in [0.3, 0.4) is 0 Å². The smallest absolute Gasteiger partial charge is 0.321 e. The molecule has 2 rings (SSSR count). The summed E-state index contributed by atoms with van der Waals surface area (Å²) in [5, 5.41) is 8.24. The number of hydrogen-bond donors (Lipinski definition) is 3. The number of piperidine rings is 1. The summed E-state index contributed by atoms with van der Waals surface area (Å²) in [6.07, 6.45) is 2.70. The number of nitrogens with zero attached hydrogens (tertiary/aromatic N) is 1. The van der Waals surface area contributed by atoms with Crippen molar-refractivity contribution in [3.05, 3.63) is 12.7 Å². The monoisotopic (exact) mass is 302 g/mol. The Kier molecular flexibility index (Phi) is 6.98. The van der Waals surface area contributed by atoms with Gasteiger partial charge >= 0.3 is 6.03 Å². The van der Waals surface area contributed by atoms with Crippen molar-refractivity contribution in [1.82, 2.24) is 20.9 Å². The fourth-order valence-electron chi connectivity index (χ4n) is 2.83. The molecule has 3 N–H and O–H groups in total. The Morgan fingerprint density at radius 3 is 2.85 bits per heavy atom. The number of nitrogens with one attached hydrogen (secondary N) is 3. The molecule has 0 aliphatic carbocycles. The van der Waals surface area contributed by atoms with E-state index < -0.39 is 6.03 Å². The number of rotatable bonds is 4. The highest BCUT2D eigenvalue weighted by molar-refractivity contribution is 5.95. The lowest BCUT2D eigenvalue weighted by Crippen LogP contribution is -2.48. The van der Waals surface area contributed by atoms with Crippen LogP contribution in [0.4, 0.5) is 4.79 Å². The van der Waals surface area contributed by atoms with Gasteiger partial charge < -0.3 is 10.6 Å². The Morgan fingerprint density at radius 1 is 1.35 bits per heavy atom. The minimum absolute atomic E-state index is 0. The molecule has 0 aromatic rings. The maximum Gasteiger partial charge on any atom is 0.321 e. The fourth-order valence-corrected chi connectivity index (χ4v) is 2.83. The van der Waals surface area contributed by atoms with Crippen LogP contribution in [-0.2, 0) is 4.79 Å². The molecular weight excluding hydrogens is 280 g/mol. The summed E-state index contributed by atoms with van der Waals surface area (Å²) in [5.41, 5.74) is 0. The SMILES string of the molecule is C=CCNC(=O)NC(=O)CN1CCC2CNCC2C1.Cl. The van der Waals surface area contributed by atoms with Crippen LogP contribution < -0.4 is 16.0 Å². The van der Waals surface area contributed by atoms with E-state index in [1.54, 1.807) is 6.08 Å². The van der Waals surface area contributed by atoms with Gasteiger partial charge in [-0.25, -0.2) is 4.79 Å². The third-order valence-electron chi connectivity index (χ3n) is 3.82. The van der Waals surface area contributed by atoms with Crippen LogP contribution in [0.5, 0.6) is 0 Å². The van der Waals surface area contributed by atoms with Gasteiger partial charge in [-0.15, -0.1) is 19.0 Å². The quantitative estimate of drug-likeness (QED) is 0.637. The number of amides is 3. The molecule has 0 aromatic carbocycles. The van der Waals surface area contributed by atoms with Crippen LogP contribution >= 0.6 is 12.4 Å². The Bertz CT molecular complexity index is 364. The molecule has 0 radical (unpaired) electrons. The van der Waals surface area contributed by atoms with E-state index >= 15 is 0 Å². The van der Waals surface area contributed by atoms with Gasteiger partial charge in [0.05, 0.1) is 6.54 Å². The number of halogens is 1. The first-order valence-electron chi connectivity index (χ1n) is 6.80. The van der Waals surface area contributed by atoms with Gasteiger partial charge in [-0.3, -0.25) is 15.0 Å². The predicted molar refractivity (Wildman–Crippen MR) is 79.9 cm³/mol. The molecule has 0 bridgehead atoms. The second-order valence-electron chi connectivity index (χ2n) is 5.25. The molecule has 2 heterocycles. The Hall–Kier alpha value is -1.11. The van der Waals surface area contributed by atoms with Gasteiger partial charge in [0.2, 0.25) is 5.91 Å². The lowest BCUT2D eigenvalue weighted by atomic mass is 9.89. The van der Waals surface area contributed by atoms with Gasteiger partial charge in [-0.2, -0.15) is 0 Å². The number of urea groups is 1. The predicted octanol–water partition coefficient (Wildman–Crippen LogP) is -0.0387. The molecule has 7 heteroatoms. The maximum atomic E-state index is 11.7. The van der Waals surface area contributed by atoms with Crippen LogP contribution in [0, 0.1) is 11.8 Å². The average Bonchev–Trinajstić information content (AvgIpc) is 2.83. The van der Waals surface area contributed by atoms with Gasteiger partial charge in [-0.1, -0.05) is 6.08 Å². The van der Waals surface area contributed by atoms with Crippen molar-refractivity contribution >= 4 is 24.3 Å². The summed E-state index contributed by atoms with van der Waals surface area (Å²) < 4.78 is 0. The van der Waals surface area contributed by atoms with Crippen molar-refractivity contribution in [2.45, 2.75) is 6.42 Å². The van der Waals surface area contributed by atoms with E-state index in [2.05, 4.69) is 27.4 Å². The van der Waals surface area contributed by atoms with Gasteiger partial charge in [0.1, 0.15) is 0 Å². The Labute approximate surface area is 125 Å². The Morgan fingerprint density at radius 2 is 2.10 bits per heavy atom. The van der Waals surface area contributed by atoms with Crippen molar-refractivity contribution in [3.63, 3.8) is 0 Å². The zero-order valence-corrected chi connectivity index (χ0v) is 12.4. The molecule has 6 nitrogen and oxygen atoms in total. The number of carbonyl (C=O) groups excluding carboxylic acids is 2. The van der Waals surface area contributed by atoms with Crippen molar-refractivity contribution in [1.29, 1.82) is 0 Å². The highest BCUT2D eigenvalue weighted by Gasteiger charge is 2.33. The molecule has 0 saturated carbocycles. The molecule has 2 aliphatic heterocycles. The molecule has 2 unspecified atom stereocenters. The van der Waals surface area contributed by atoms with Crippen molar-refractivity contribution in [2.75, 3.05) is 39.3 Å². The largest absolute Gasteiger partial charge is 0.334 e. The van der Waals surface area contributed by atoms with Gasteiger partial charge in [-0.05, 0) is 37.9 Å². The van der Waals surface area contributed by atoms with E-state index in [9.17, 15) is 9.59 Å². The van der Waals surface area contributed by atoms with Gasteiger partial charge in [0.25, 0.3) is 0 Å². The summed E-state index contributed by atoms with van der Waals surface area (Å²) >= 11 is 0. The minimum atomic E-state index is -0.456. The number of imide groups is 1. The van der Waals surface area contributed by atoms with Crippen LogP contribution in [0.2, 0.25) is 0 Å². The van der Waals surface area contributed by atoms with E-state index in [0.717, 1.165) is 38.5 Å². The van der Waals surface area contributed by atoms with Crippen LogP contribution in [-0.4, -0.2) is 56.1 Å². The van der Waals surface area contributed by atoms with Crippen molar-refractivity contribution < 1.29 is 9.59 Å². The molecule has 2 fully saturated rings. The van der Waals surface area contributed by atoms with E-state index in [0.29, 0.717) is 19.0 Å². The van der Waals surface area contributed by atoms with E-state index in [4.69, 9.17) is 0 Å². The highest BCUT2D eigenvalue weighted by atomic mass is 35.5.